The van der Waals surface area contributed by atoms with Crippen molar-refractivity contribution in [2.75, 3.05) is 6.54 Å². The molecule has 19 heavy (non-hydrogen) atoms. The second-order valence-corrected chi connectivity index (χ2v) is 6.54. The van der Waals surface area contributed by atoms with Gasteiger partial charge in [0.1, 0.15) is 0 Å². The van der Waals surface area contributed by atoms with Gasteiger partial charge >= 0.3 is 0 Å². The lowest BCUT2D eigenvalue weighted by Gasteiger charge is -2.22. The molecule has 0 saturated heterocycles. The van der Waals surface area contributed by atoms with Crippen molar-refractivity contribution in [2.45, 2.75) is 50.5 Å². The van der Waals surface area contributed by atoms with E-state index >= 15 is 0 Å². The maximum Gasteiger partial charge on any atom is 0.240 e. The van der Waals surface area contributed by atoms with Gasteiger partial charge in [-0.05, 0) is 37.3 Å². The van der Waals surface area contributed by atoms with Gasteiger partial charge < -0.3 is 5.73 Å². The second-order valence-electron chi connectivity index (χ2n) is 4.81. The molecule has 0 spiro atoms. The first-order valence-corrected chi connectivity index (χ1v) is 8.26. The van der Waals surface area contributed by atoms with E-state index in [0.29, 0.717) is 11.4 Å². The van der Waals surface area contributed by atoms with Gasteiger partial charge in [0, 0.05) is 12.6 Å². The van der Waals surface area contributed by atoms with E-state index in [1.54, 1.807) is 12.1 Å². The van der Waals surface area contributed by atoms with Crippen LogP contribution in [0.15, 0.2) is 29.2 Å². The molecule has 0 aliphatic carbocycles. The minimum Gasteiger partial charge on any atom is -0.327 e. The third kappa shape index (κ3) is 4.03. The first-order chi connectivity index (χ1) is 8.94. The highest BCUT2D eigenvalue weighted by Gasteiger charge is 2.23. The van der Waals surface area contributed by atoms with E-state index in [1.807, 2.05) is 32.9 Å². The van der Waals surface area contributed by atoms with E-state index in [2.05, 4.69) is 4.72 Å². The van der Waals surface area contributed by atoms with E-state index in [-0.39, 0.29) is 12.0 Å². The molecule has 2 atom stereocenters. The Morgan fingerprint density at radius 1 is 1.26 bits per heavy atom. The van der Waals surface area contributed by atoms with Crippen LogP contribution in [0.5, 0.6) is 0 Å². The van der Waals surface area contributed by atoms with Crippen LogP contribution in [0, 0.1) is 0 Å². The summed E-state index contributed by atoms with van der Waals surface area (Å²) in [5, 5.41) is 0. The summed E-state index contributed by atoms with van der Waals surface area (Å²) in [5.74, 6) is 0.0504. The first-order valence-electron chi connectivity index (χ1n) is 6.78. The monoisotopic (exact) mass is 284 g/mol. The van der Waals surface area contributed by atoms with E-state index in [0.717, 1.165) is 18.4 Å². The van der Waals surface area contributed by atoms with Gasteiger partial charge in [-0.1, -0.05) is 32.0 Å². The van der Waals surface area contributed by atoms with Gasteiger partial charge in [0.15, 0.2) is 0 Å². The van der Waals surface area contributed by atoms with Gasteiger partial charge in [-0.3, -0.25) is 0 Å². The fourth-order valence-electron chi connectivity index (χ4n) is 2.22. The molecule has 0 aromatic heterocycles. The summed E-state index contributed by atoms with van der Waals surface area (Å²) in [5.41, 5.74) is 6.79. The molecule has 1 aromatic carbocycles. The largest absolute Gasteiger partial charge is 0.327 e. The quantitative estimate of drug-likeness (QED) is 0.806. The van der Waals surface area contributed by atoms with Crippen molar-refractivity contribution in [2.24, 2.45) is 5.73 Å². The smallest absolute Gasteiger partial charge is 0.240 e. The Balaban J connectivity index is 3.22. The summed E-state index contributed by atoms with van der Waals surface area (Å²) in [6.45, 7) is 6.32. The Bertz CT molecular complexity index is 498. The van der Waals surface area contributed by atoms with Gasteiger partial charge in [0.2, 0.25) is 10.0 Å². The predicted molar refractivity (Wildman–Crippen MR) is 78.6 cm³/mol. The zero-order valence-corrected chi connectivity index (χ0v) is 12.7. The standard InChI is InChI=1S/C14H24N2O2S/c1-4-10-16-19(17,18)14-9-7-6-8-13(14)12(5-2)11(3)15/h6-9,11-12,16H,4-5,10,15H2,1-3H3. The van der Waals surface area contributed by atoms with Crippen molar-refractivity contribution >= 4 is 10.0 Å². The molecule has 5 heteroatoms. The Kier molecular flexibility index (Phi) is 5.97. The number of hydrogen-bond donors (Lipinski definition) is 2. The molecule has 3 N–H and O–H groups in total. The molecule has 2 unspecified atom stereocenters. The highest BCUT2D eigenvalue weighted by Crippen LogP contribution is 2.28. The van der Waals surface area contributed by atoms with Crippen molar-refractivity contribution in [3.05, 3.63) is 29.8 Å². The number of nitrogens with two attached hydrogens (primary N) is 1. The lowest BCUT2D eigenvalue weighted by Crippen LogP contribution is -2.29. The van der Waals surface area contributed by atoms with Crippen LogP contribution < -0.4 is 10.5 Å². The topological polar surface area (TPSA) is 72.2 Å². The summed E-state index contributed by atoms with van der Waals surface area (Å²) in [6.07, 6.45) is 1.59. The third-order valence-electron chi connectivity index (χ3n) is 3.22. The summed E-state index contributed by atoms with van der Waals surface area (Å²) < 4.78 is 27.2. The fraction of sp³-hybridized carbons (Fsp3) is 0.571. The molecule has 1 rings (SSSR count). The van der Waals surface area contributed by atoms with Crippen LogP contribution in [-0.4, -0.2) is 21.0 Å². The predicted octanol–water partition coefficient (Wildman–Crippen LogP) is 2.22. The molecule has 0 aliphatic heterocycles. The van der Waals surface area contributed by atoms with Crippen molar-refractivity contribution in [1.29, 1.82) is 0 Å². The van der Waals surface area contributed by atoms with Crippen LogP contribution in [0.3, 0.4) is 0 Å². The Labute approximate surface area is 116 Å². The molecule has 0 saturated carbocycles. The summed E-state index contributed by atoms with van der Waals surface area (Å²) in [6, 6.07) is 7.04. The maximum absolute atomic E-state index is 12.3. The van der Waals surface area contributed by atoms with Crippen LogP contribution in [0.4, 0.5) is 0 Å². The van der Waals surface area contributed by atoms with Crippen molar-refractivity contribution in [3.63, 3.8) is 0 Å². The molecule has 0 radical (unpaired) electrons. The normalized spacial score (nSPS) is 15.2. The van der Waals surface area contributed by atoms with Crippen LogP contribution >= 0.6 is 0 Å². The fourth-order valence-corrected chi connectivity index (χ4v) is 3.64. The lowest BCUT2D eigenvalue weighted by atomic mass is 9.90. The van der Waals surface area contributed by atoms with Crippen LogP contribution in [0.1, 0.15) is 45.1 Å². The van der Waals surface area contributed by atoms with Gasteiger partial charge in [-0.25, -0.2) is 13.1 Å². The van der Waals surface area contributed by atoms with Crippen molar-refractivity contribution < 1.29 is 8.42 Å². The van der Waals surface area contributed by atoms with Crippen LogP contribution in [0.2, 0.25) is 0 Å². The molecular formula is C14H24N2O2S. The molecular weight excluding hydrogens is 260 g/mol. The zero-order chi connectivity index (χ0) is 14.5. The zero-order valence-electron chi connectivity index (χ0n) is 11.9. The van der Waals surface area contributed by atoms with E-state index in [9.17, 15) is 8.42 Å². The summed E-state index contributed by atoms with van der Waals surface area (Å²) >= 11 is 0. The maximum atomic E-state index is 12.3. The molecule has 0 amide bonds. The van der Waals surface area contributed by atoms with Gasteiger partial charge in [-0.15, -0.1) is 0 Å². The number of nitrogens with one attached hydrogen (secondary N) is 1. The average molecular weight is 284 g/mol. The lowest BCUT2D eigenvalue weighted by molar-refractivity contribution is 0.537. The number of hydrogen-bond acceptors (Lipinski definition) is 3. The molecule has 0 bridgehead atoms. The highest BCUT2D eigenvalue weighted by atomic mass is 32.2. The summed E-state index contributed by atoms with van der Waals surface area (Å²) in [7, 11) is -3.45. The second kappa shape index (κ2) is 7.03. The number of sulfonamides is 1. The summed E-state index contributed by atoms with van der Waals surface area (Å²) in [4.78, 5) is 0.354. The van der Waals surface area contributed by atoms with Crippen molar-refractivity contribution in [1.82, 2.24) is 4.72 Å². The van der Waals surface area contributed by atoms with Gasteiger partial charge in [-0.2, -0.15) is 0 Å². The SMILES string of the molecule is CCCNS(=O)(=O)c1ccccc1C(CC)C(C)N. The highest BCUT2D eigenvalue weighted by molar-refractivity contribution is 7.89. The Morgan fingerprint density at radius 2 is 1.89 bits per heavy atom. The van der Waals surface area contributed by atoms with Gasteiger partial charge in [0.05, 0.1) is 4.90 Å². The number of rotatable bonds is 7. The van der Waals surface area contributed by atoms with Crippen molar-refractivity contribution in [3.8, 4) is 0 Å². The molecule has 1 aromatic rings. The molecule has 108 valence electrons. The minimum absolute atomic E-state index is 0.0504. The first kappa shape index (κ1) is 16.1. The minimum atomic E-state index is -3.45. The Morgan fingerprint density at radius 3 is 2.42 bits per heavy atom. The van der Waals surface area contributed by atoms with E-state index in [1.165, 1.54) is 0 Å². The van der Waals surface area contributed by atoms with Crippen LogP contribution in [0.25, 0.3) is 0 Å². The molecule has 0 aliphatic rings. The molecule has 4 nitrogen and oxygen atoms in total. The Hall–Kier alpha value is -0.910. The van der Waals surface area contributed by atoms with E-state index in [4.69, 9.17) is 5.73 Å². The molecule has 0 fully saturated rings. The molecule has 0 heterocycles. The van der Waals surface area contributed by atoms with Gasteiger partial charge in [0.25, 0.3) is 0 Å². The third-order valence-corrected chi connectivity index (χ3v) is 4.76. The van der Waals surface area contributed by atoms with E-state index < -0.39 is 10.0 Å². The number of benzene rings is 1. The van der Waals surface area contributed by atoms with Crippen LogP contribution in [-0.2, 0) is 10.0 Å². The average Bonchev–Trinajstić information content (AvgIpc) is 2.37.